The number of nitrogens with zero attached hydrogens (tertiary/aromatic N) is 1. The fraction of sp³-hybridized carbons (Fsp3) is 0. The van der Waals surface area contributed by atoms with Crippen molar-refractivity contribution in [1.29, 1.82) is 0 Å². The van der Waals surface area contributed by atoms with E-state index in [1.54, 1.807) is 48.5 Å². The summed E-state index contributed by atoms with van der Waals surface area (Å²) in [4.78, 5) is 17.0. The number of amidine groups is 1. The van der Waals surface area contributed by atoms with Crippen LogP contribution in [0.1, 0.15) is 5.76 Å². The van der Waals surface area contributed by atoms with Crippen LogP contribution in [0.5, 0.6) is 0 Å². The number of carbonyl (C=O) groups is 1. The van der Waals surface area contributed by atoms with Gasteiger partial charge >= 0.3 is 0 Å². The molecule has 1 amide bonds. The molecule has 4 nitrogen and oxygen atoms in total. The van der Waals surface area contributed by atoms with Crippen molar-refractivity contribution in [2.24, 2.45) is 4.99 Å². The molecule has 1 N–H and O–H groups in total. The molecule has 140 valence electrons. The quantitative estimate of drug-likeness (QED) is 0.495. The van der Waals surface area contributed by atoms with Crippen LogP contribution < -0.4 is 5.32 Å². The third-order valence-electron chi connectivity index (χ3n) is 3.81. The first-order valence-corrected chi connectivity index (χ1v) is 9.66. The minimum atomic E-state index is -0.347. The summed E-state index contributed by atoms with van der Waals surface area (Å²) in [6.07, 6.45) is 1.60. The van der Waals surface area contributed by atoms with Crippen LogP contribution in [0.4, 0.5) is 10.1 Å². The number of thioether (sulfide) groups is 1. The van der Waals surface area contributed by atoms with E-state index in [9.17, 15) is 9.18 Å². The van der Waals surface area contributed by atoms with Gasteiger partial charge in [0.25, 0.3) is 5.91 Å². The molecule has 0 unspecified atom stereocenters. The Balaban J connectivity index is 1.57. The molecule has 1 fully saturated rings. The Morgan fingerprint density at radius 3 is 2.75 bits per heavy atom. The highest BCUT2D eigenvalue weighted by Crippen LogP contribution is 2.35. The van der Waals surface area contributed by atoms with Gasteiger partial charge in [0.15, 0.2) is 5.17 Å². The van der Waals surface area contributed by atoms with E-state index in [2.05, 4.69) is 10.3 Å². The first-order chi connectivity index (χ1) is 13.5. The van der Waals surface area contributed by atoms with E-state index in [0.29, 0.717) is 42.9 Å². The maximum absolute atomic E-state index is 13.4. The number of nitrogens with one attached hydrogen (secondary N) is 1. The van der Waals surface area contributed by atoms with Gasteiger partial charge in [-0.3, -0.25) is 4.79 Å². The topological polar surface area (TPSA) is 54.6 Å². The third-order valence-corrected chi connectivity index (χ3v) is 5.53. The van der Waals surface area contributed by atoms with Crippen molar-refractivity contribution in [2.45, 2.75) is 0 Å². The zero-order valence-corrected chi connectivity index (χ0v) is 16.4. The molecular formula is C20H11Cl2FN2O2S. The average molecular weight is 433 g/mol. The maximum Gasteiger partial charge on any atom is 0.264 e. The van der Waals surface area contributed by atoms with Crippen LogP contribution in [0.2, 0.25) is 10.0 Å². The van der Waals surface area contributed by atoms with Gasteiger partial charge in [0.1, 0.15) is 17.3 Å². The van der Waals surface area contributed by atoms with Crippen LogP contribution in [0.25, 0.3) is 17.4 Å². The predicted octanol–water partition coefficient (Wildman–Crippen LogP) is 6.28. The summed E-state index contributed by atoms with van der Waals surface area (Å²) in [6.45, 7) is 0. The Labute approximate surface area is 174 Å². The second-order valence-corrected chi connectivity index (χ2v) is 7.58. The van der Waals surface area contributed by atoms with Crippen LogP contribution in [0.3, 0.4) is 0 Å². The number of aliphatic imine (C=N–C) groups is 1. The monoisotopic (exact) mass is 432 g/mol. The van der Waals surface area contributed by atoms with Gasteiger partial charge in [-0.15, -0.1) is 0 Å². The highest BCUT2D eigenvalue weighted by molar-refractivity contribution is 8.18. The standard InChI is InChI=1S/C20H11Cl2FN2O2S/c21-14-5-2-6-15(18(14)22)24-20-25-19(26)17(28-20)10-13-7-8-16(27-13)11-3-1-4-12(23)9-11/h1-10H,(H,24,25,26)/b17-10-. The Morgan fingerprint density at radius 2 is 1.93 bits per heavy atom. The van der Waals surface area contributed by atoms with E-state index >= 15 is 0 Å². The lowest BCUT2D eigenvalue weighted by Gasteiger charge is -2.00. The first kappa shape index (κ1) is 18.8. The zero-order valence-electron chi connectivity index (χ0n) is 14.1. The van der Waals surface area contributed by atoms with Gasteiger partial charge in [0.2, 0.25) is 0 Å². The molecule has 3 aromatic rings. The summed E-state index contributed by atoms with van der Waals surface area (Å²) in [5.74, 6) is 0.332. The number of carbonyl (C=O) groups excluding carboxylic acids is 1. The maximum atomic E-state index is 13.4. The summed E-state index contributed by atoms with van der Waals surface area (Å²) < 4.78 is 19.1. The summed E-state index contributed by atoms with van der Waals surface area (Å²) in [5.41, 5.74) is 1.08. The van der Waals surface area contributed by atoms with Gasteiger partial charge < -0.3 is 9.73 Å². The van der Waals surface area contributed by atoms with Crippen molar-refractivity contribution in [3.8, 4) is 11.3 Å². The number of benzene rings is 2. The number of rotatable bonds is 3. The average Bonchev–Trinajstić information content (AvgIpc) is 3.26. The molecule has 4 rings (SSSR count). The first-order valence-electron chi connectivity index (χ1n) is 8.09. The van der Waals surface area contributed by atoms with Crippen molar-refractivity contribution in [3.63, 3.8) is 0 Å². The van der Waals surface area contributed by atoms with Crippen molar-refractivity contribution < 1.29 is 13.6 Å². The lowest BCUT2D eigenvalue weighted by molar-refractivity contribution is -0.115. The third kappa shape index (κ3) is 3.99. The smallest absolute Gasteiger partial charge is 0.264 e. The molecule has 2 heterocycles. The van der Waals surface area contributed by atoms with E-state index in [0.717, 1.165) is 11.8 Å². The minimum Gasteiger partial charge on any atom is -0.457 e. The van der Waals surface area contributed by atoms with Crippen LogP contribution in [0, 0.1) is 5.82 Å². The molecule has 0 aliphatic carbocycles. The van der Waals surface area contributed by atoms with Gasteiger partial charge in [-0.25, -0.2) is 9.38 Å². The summed E-state index contributed by atoms with van der Waals surface area (Å²) in [5, 5.41) is 3.76. The van der Waals surface area contributed by atoms with E-state index in [-0.39, 0.29) is 11.7 Å². The molecule has 0 bridgehead atoms. The number of halogens is 3. The molecule has 0 spiro atoms. The summed E-state index contributed by atoms with van der Waals surface area (Å²) in [6, 6.07) is 14.6. The van der Waals surface area contributed by atoms with E-state index in [1.807, 2.05) is 0 Å². The van der Waals surface area contributed by atoms with Crippen molar-refractivity contribution in [2.75, 3.05) is 0 Å². The second kappa shape index (κ2) is 7.83. The number of hydrogen-bond donors (Lipinski definition) is 1. The van der Waals surface area contributed by atoms with E-state index in [4.69, 9.17) is 27.6 Å². The number of furan rings is 1. The largest absolute Gasteiger partial charge is 0.457 e. The number of amides is 1. The van der Waals surface area contributed by atoms with Gasteiger partial charge in [0, 0.05) is 11.6 Å². The predicted molar refractivity (Wildman–Crippen MR) is 111 cm³/mol. The van der Waals surface area contributed by atoms with Gasteiger partial charge in [-0.1, -0.05) is 41.4 Å². The molecule has 1 saturated heterocycles. The van der Waals surface area contributed by atoms with Gasteiger partial charge in [0.05, 0.1) is 20.6 Å². The molecule has 8 heteroatoms. The normalized spacial score (nSPS) is 16.8. The van der Waals surface area contributed by atoms with Crippen LogP contribution >= 0.6 is 35.0 Å². The SMILES string of the molecule is O=C1NC(=Nc2cccc(Cl)c2Cl)S/C1=C\c1ccc(-c2cccc(F)c2)o1. The van der Waals surface area contributed by atoms with Crippen molar-refractivity contribution >= 4 is 57.8 Å². The van der Waals surface area contributed by atoms with E-state index in [1.165, 1.54) is 12.1 Å². The molecule has 28 heavy (non-hydrogen) atoms. The summed E-state index contributed by atoms with van der Waals surface area (Å²) in [7, 11) is 0. The Morgan fingerprint density at radius 1 is 1.11 bits per heavy atom. The highest BCUT2D eigenvalue weighted by atomic mass is 35.5. The number of hydrogen-bond acceptors (Lipinski definition) is 4. The molecule has 0 radical (unpaired) electrons. The fourth-order valence-electron chi connectivity index (χ4n) is 2.53. The molecular weight excluding hydrogens is 422 g/mol. The van der Waals surface area contributed by atoms with Crippen LogP contribution in [-0.4, -0.2) is 11.1 Å². The Bertz CT molecular complexity index is 1140. The molecule has 1 aromatic heterocycles. The van der Waals surface area contributed by atoms with Crippen molar-refractivity contribution in [3.05, 3.63) is 81.1 Å². The Kier molecular flexibility index (Phi) is 5.26. The van der Waals surface area contributed by atoms with E-state index < -0.39 is 0 Å². The lowest BCUT2D eigenvalue weighted by atomic mass is 10.2. The Hall–Kier alpha value is -2.54. The molecule has 0 atom stereocenters. The second-order valence-electron chi connectivity index (χ2n) is 5.77. The highest BCUT2D eigenvalue weighted by Gasteiger charge is 2.24. The molecule has 2 aromatic carbocycles. The molecule has 1 aliphatic rings. The van der Waals surface area contributed by atoms with Crippen LogP contribution in [0.15, 0.2) is 68.9 Å². The zero-order chi connectivity index (χ0) is 19.7. The minimum absolute atomic E-state index is 0.300. The lowest BCUT2D eigenvalue weighted by Crippen LogP contribution is -2.19. The van der Waals surface area contributed by atoms with Gasteiger partial charge in [-0.2, -0.15) is 0 Å². The molecule has 0 saturated carbocycles. The van der Waals surface area contributed by atoms with Crippen molar-refractivity contribution in [1.82, 2.24) is 5.32 Å². The summed E-state index contributed by atoms with van der Waals surface area (Å²) >= 11 is 13.3. The van der Waals surface area contributed by atoms with Gasteiger partial charge in [-0.05, 0) is 48.2 Å². The molecule has 1 aliphatic heterocycles. The van der Waals surface area contributed by atoms with Crippen LogP contribution in [-0.2, 0) is 4.79 Å². The fourth-order valence-corrected chi connectivity index (χ4v) is 3.68.